The maximum absolute atomic E-state index is 15.3. The van der Waals surface area contributed by atoms with E-state index < -0.39 is 29.3 Å². The van der Waals surface area contributed by atoms with E-state index in [1.807, 2.05) is 25.1 Å². The Morgan fingerprint density at radius 1 is 1.28 bits per heavy atom. The Balaban J connectivity index is 1.50. The molecule has 1 aromatic carbocycles. The zero-order chi connectivity index (χ0) is 31.7. The average molecular weight is 632 g/mol. The molecule has 0 unspecified atom stereocenters. The third kappa shape index (κ3) is 7.45. The molecule has 0 spiro atoms. The fraction of sp³-hybridized carbons (Fsp3) is 0.484. The summed E-state index contributed by atoms with van der Waals surface area (Å²) in [6.45, 7) is 19.5. The topological polar surface area (TPSA) is 89.9 Å². The molecule has 0 bridgehead atoms. The van der Waals surface area contributed by atoms with Gasteiger partial charge in [-0.1, -0.05) is 29.0 Å². The van der Waals surface area contributed by atoms with Crippen molar-refractivity contribution >= 4 is 34.8 Å². The number of rotatable bonds is 9. The molecule has 0 saturated carbocycles. The van der Waals surface area contributed by atoms with Gasteiger partial charge in [0, 0.05) is 36.0 Å². The Labute approximate surface area is 261 Å². The van der Waals surface area contributed by atoms with Gasteiger partial charge in [0.2, 0.25) is 0 Å². The van der Waals surface area contributed by atoms with Crippen LogP contribution in [0.4, 0.5) is 15.0 Å². The second-order valence-corrected chi connectivity index (χ2v) is 13.5. The first-order valence-corrected chi connectivity index (χ1v) is 15.3. The van der Waals surface area contributed by atoms with Crippen molar-refractivity contribution in [2.75, 3.05) is 18.1 Å². The number of carbonyl (C=O) groups is 1. The van der Waals surface area contributed by atoms with E-state index in [0.717, 1.165) is 11.4 Å². The molecular weight excluding hydrogens is 593 g/mol. The molecule has 2 atom stereocenters. The van der Waals surface area contributed by atoms with Crippen molar-refractivity contribution in [1.29, 1.82) is 0 Å². The van der Waals surface area contributed by atoms with Crippen LogP contribution >= 0.6 is 22.9 Å². The van der Waals surface area contributed by atoms with Gasteiger partial charge >= 0.3 is 6.09 Å². The summed E-state index contributed by atoms with van der Waals surface area (Å²) in [6, 6.07) is 6.30. The lowest BCUT2D eigenvalue weighted by Crippen LogP contribution is -2.52. The summed E-state index contributed by atoms with van der Waals surface area (Å²) in [6.07, 6.45) is 2.68. The van der Waals surface area contributed by atoms with Gasteiger partial charge in [0.1, 0.15) is 33.8 Å². The summed E-state index contributed by atoms with van der Waals surface area (Å²) in [4.78, 5) is 21.2. The molecule has 3 aromatic rings. The first-order valence-electron chi connectivity index (χ1n) is 14.1. The van der Waals surface area contributed by atoms with E-state index in [0.29, 0.717) is 22.1 Å². The maximum Gasteiger partial charge on any atom is 0.413 e. The molecule has 1 amide bonds. The van der Waals surface area contributed by atoms with Gasteiger partial charge in [-0.15, -0.1) is 16.8 Å². The first kappa shape index (κ1) is 32.6. The second-order valence-electron chi connectivity index (χ2n) is 12.1. The quantitative estimate of drug-likeness (QED) is 0.223. The molecule has 12 heteroatoms. The fourth-order valence-corrected chi connectivity index (χ4v) is 6.06. The molecule has 9 nitrogen and oxygen atoms in total. The van der Waals surface area contributed by atoms with Crippen molar-refractivity contribution in [3.63, 3.8) is 0 Å². The number of amides is 1. The SMILES string of the molecule is C=CCN(c1ccc(-c2nnc(-c3cc(F)c(OC[C@@H]4[C@H](C)OC(C)(C)N4C(=O)OC(C)(C)C)cc3Cl)s2)cn1)C(C)C. The zero-order valence-corrected chi connectivity index (χ0v) is 27.4. The Hall–Kier alpha value is -3.28. The van der Waals surface area contributed by atoms with Crippen LogP contribution in [-0.2, 0) is 9.47 Å². The van der Waals surface area contributed by atoms with Crippen molar-refractivity contribution in [1.82, 2.24) is 20.1 Å². The standard InChI is InChI=1S/C31H39ClFN5O4S/c1-10-13-37(18(2)3)26-12-11-20(16-34-26)27-35-36-28(43-27)21-14-23(33)25(15-22(21)32)40-17-24-19(4)41-31(8,9)38(24)29(39)42-30(5,6)7/h10-12,14-16,18-19,24H,1,13,17H2,2-9H3/t19-,24+/m0/s1. The van der Waals surface area contributed by atoms with Gasteiger partial charge in [-0.2, -0.15) is 0 Å². The smallest absolute Gasteiger partial charge is 0.413 e. The van der Waals surface area contributed by atoms with E-state index in [1.165, 1.54) is 28.4 Å². The number of halogens is 2. The van der Waals surface area contributed by atoms with Crippen LogP contribution in [0.3, 0.4) is 0 Å². The fourth-order valence-electron chi connectivity index (χ4n) is 4.89. The molecule has 0 aliphatic carbocycles. The Bertz CT molecular complexity index is 1460. The molecule has 4 rings (SSSR count). The van der Waals surface area contributed by atoms with Crippen molar-refractivity contribution in [3.05, 3.63) is 54.0 Å². The lowest BCUT2D eigenvalue weighted by atomic mass is 10.1. The molecule has 3 heterocycles. The summed E-state index contributed by atoms with van der Waals surface area (Å²) in [5, 5.41) is 9.88. The highest BCUT2D eigenvalue weighted by atomic mass is 35.5. The molecule has 1 aliphatic heterocycles. The van der Waals surface area contributed by atoms with E-state index in [1.54, 1.807) is 40.8 Å². The predicted molar refractivity (Wildman–Crippen MR) is 168 cm³/mol. The normalized spacial score (nSPS) is 18.2. The molecule has 2 aromatic heterocycles. The van der Waals surface area contributed by atoms with Crippen LogP contribution in [0, 0.1) is 5.82 Å². The van der Waals surface area contributed by atoms with Crippen molar-refractivity contribution < 1.29 is 23.4 Å². The van der Waals surface area contributed by atoms with E-state index in [9.17, 15) is 4.79 Å². The van der Waals surface area contributed by atoms with Gasteiger partial charge in [-0.05, 0) is 73.6 Å². The highest BCUT2D eigenvalue weighted by Gasteiger charge is 2.50. The molecule has 0 N–H and O–H groups in total. The van der Waals surface area contributed by atoms with Crippen LogP contribution in [0.1, 0.15) is 55.4 Å². The van der Waals surface area contributed by atoms with Crippen LogP contribution in [0.15, 0.2) is 43.1 Å². The third-order valence-electron chi connectivity index (χ3n) is 6.84. The molecule has 232 valence electrons. The largest absolute Gasteiger partial charge is 0.488 e. The number of ether oxygens (including phenoxy) is 3. The summed E-state index contributed by atoms with van der Waals surface area (Å²) < 4.78 is 32.8. The second kappa shape index (κ2) is 12.8. The van der Waals surface area contributed by atoms with Gasteiger partial charge in [0.05, 0.1) is 17.2 Å². The van der Waals surface area contributed by atoms with Crippen molar-refractivity contribution in [3.8, 4) is 26.9 Å². The number of anilines is 1. The van der Waals surface area contributed by atoms with E-state index >= 15 is 4.39 Å². The highest BCUT2D eigenvalue weighted by Crippen LogP contribution is 2.38. The molecule has 43 heavy (non-hydrogen) atoms. The summed E-state index contributed by atoms with van der Waals surface area (Å²) in [5.74, 6) is 0.168. The van der Waals surface area contributed by atoms with Crippen LogP contribution in [0.25, 0.3) is 21.1 Å². The van der Waals surface area contributed by atoms with Gasteiger partial charge in [0.15, 0.2) is 11.6 Å². The van der Waals surface area contributed by atoms with Crippen molar-refractivity contribution in [2.45, 2.75) is 84.9 Å². The third-order valence-corrected chi connectivity index (χ3v) is 8.16. The summed E-state index contributed by atoms with van der Waals surface area (Å²) in [5.41, 5.74) is -0.437. The van der Waals surface area contributed by atoms with Crippen LogP contribution in [-0.4, -0.2) is 68.8 Å². The Morgan fingerprint density at radius 2 is 1.98 bits per heavy atom. The Kier molecular flexibility index (Phi) is 9.68. The van der Waals surface area contributed by atoms with Crippen molar-refractivity contribution in [2.24, 2.45) is 0 Å². The van der Waals surface area contributed by atoms with Gasteiger partial charge in [0.25, 0.3) is 0 Å². The number of hydrogen-bond acceptors (Lipinski definition) is 9. The number of nitrogens with zero attached hydrogens (tertiary/aromatic N) is 5. The number of benzene rings is 1. The minimum absolute atomic E-state index is 0.0244. The minimum atomic E-state index is -0.930. The number of carbonyl (C=O) groups excluding carboxylic acids is 1. The highest BCUT2D eigenvalue weighted by molar-refractivity contribution is 7.18. The lowest BCUT2D eigenvalue weighted by molar-refractivity contribution is -0.0760. The van der Waals surface area contributed by atoms with Gasteiger partial charge in [-0.3, -0.25) is 4.90 Å². The lowest BCUT2D eigenvalue weighted by Gasteiger charge is -2.35. The number of aromatic nitrogens is 3. The maximum atomic E-state index is 15.3. The zero-order valence-electron chi connectivity index (χ0n) is 25.9. The summed E-state index contributed by atoms with van der Waals surface area (Å²) >= 11 is 7.87. The molecular formula is C31H39ClFN5O4S. The number of hydrogen-bond donors (Lipinski definition) is 0. The first-order chi connectivity index (χ1) is 20.1. The molecule has 1 aliphatic rings. The predicted octanol–water partition coefficient (Wildman–Crippen LogP) is 7.60. The number of pyridine rings is 1. The molecule has 1 fully saturated rings. The average Bonchev–Trinajstić information content (AvgIpc) is 3.48. The van der Waals surface area contributed by atoms with E-state index in [2.05, 4.69) is 40.5 Å². The van der Waals surface area contributed by atoms with Gasteiger partial charge < -0.3 is 19.1 Å². The van der Waals surface area contributed by atoms with Crippen LogP contribution < -0.4 is 9.64 Å². The van der Waals surface area contributed by atoms with E-state index in [-0.39, 0.29) is 29.5 Å². The monoisotopic (exact) mass is 631 g/mol. The Morgan fingerprint density at radius 3 is 2.58 bits per heavy atom. The molecule has 1 saturated heterocycles. The van der Waals surface area contributed by atoms with Crippen LogP contribution in [0.2, 0.25) is 5.02 Å². The van der Waals surface area contributed by atoms with Gasteiger partial charge in [-0.25, -0.2) is 14.2 Å². The van der Waals surface area contributed by atoms with E-state index in [4.69, 9.17) is 25.8 Å². The molecule has 0 radical (unpaired) electrons. The van der Waals surface area contributed by atoms with Crippen LogP contribution in [0.5, 0.6) is 5.75 Å². The summed E-state index contributed by atoms with van der Waals surface area (Å²) in [7, 11) is 0. The minimum Gasteiger partial charge on any atom is -0.488 e.